The van der Waals surface area contributed by atoms with Crippen LogP contribution < -0.4 is 5.32 Å². The summed E-state index contributed by atoms with van der Waals surface area (Å²) in [6, 6.07) is -0.0568. The van der Waals surface area contributed by atoms with Gasteiger partial charge in [-0.3, -0.25) is 4.79 Å². The quantitative estimate of drug-likeness (QED) is 0.657. The number of ether oxygens (including phenoxy) is 1. The van der Waals surface area contributed by atoms with Crippen molar-refractivity contribution in [3.63, 3.8) is 0 Å². The molecular formula is C10H19NO2. The third-order valence-corrected chi connectivity index (χ3v) is 2.69. The minimum absolute atomic E-state index is 0.0568. The maximum Gasteiger partial charge on any atom is 0.323 e. The van der Waals surface area contributed by atoms with Crippen LogP contribution >= 0.6 is 0 Å². The summed E-state index contributed by atoms with van der Waals surface area (Å²) >= 11 is 0. The summed E-state index contributed by atoms with van der Waals surface area (Å²) in [5.41, 5.74) is 0. The van der Waals surface area contributed by atoms with E-state index in [0.717, 1.165) is 25.8 Å². The predicted molar refractivity (Wildman–Crippen MR) is 51.4 cm³/mol. The van der Waals surface area contributed by atoms with Gasteiger partial charge in [0, 0.05) is 0 Å². The van der Waals surface area contributed by atoms with Gasteiger partial charge in [0.05, 0.1) is 7.11 Å². The molecule has 1 aliphatic rings. The molecule has 3 nitrogen and oxygen atoms in total. The van der Waals surface area contributed by atoms with Gasteiger partial charge >= 0.3 is 5.97 Å². The summed E-state index contributed by atoms with van der Waals surface area (Å²) in [7, 11) is 1.46. The van der Waals surface area contributed by atoms with Crippen LogP contribution in [0.3, 0.4) is 0 Å². The molecule has 0 aliphatic heterocycles. The van der Waals surface area contributed by atoms with E-state index in [1.807, 2.05) is 0 Å². The zero-order valence-corrected chi connectivity index (χ0v) is 8.51. The van der Waals surface area contributed by atoms with Crippen molar-refractivity contribution in [3.05, 3.63) is 0 Å². The number of esters is 1. The van der Waals surface area contributed by atoms with Crippen molar-refractivity contribution in [2.45, 2.75) is 38.6 Å². The SMILES string of the molecule is CCCNC(C(=O)OC)C1CCC1. The highest BCUT2D eigenvalue weighted by molar-refractivity contribution is 5.76. The molecule has 1 fully saturated rings. The molecule has 1 saturated carbocycles. The van der Waals surface area contributed by atoms with E-state index in [1.54, 1.807) is 0 Å². The van der Waals surface area contributed by atoms with Gasteiger partial charge in [0.2, 0.25) is 0 Å². The van der Waals surface area contributed by atoms with Crippen LogP contribution in [0.1, 0.15) is 32.6 Å². The van der Waals surface area contributed by atoms with Crippen LogP contribution in [0.2, 0.25) is 0 Å². The van der Waals surface area contributed by atoms with E-state index in [-0.39, 0.29) is 12.0 Å². The zero-order chi connectivity index (χ0) is 9.68. The molecule has 1 aliphatic carbocycles. The molecular weight excluding hydrogens is 166 g/mol. The fraction of sp³-hybridized carbons (Fsp3) is 0.900. The van der Waals surface area contributed by atoms with Crippen molar-refractivity contribution in [2.24, 2.45) is 5.92 Å². The highest BCUT2D eigenvalue weighted by Crippen LogP contribution is 2.30. The van der Waals surface area contributed by atoms with Gasteiger partial charge in [-0.1, -0.05) is 13.3 Å². The molecule has 0 bridgehead atoms. The Kier molecular flexibility index (Phi) is 4.22. The van der Waals surface area contributed by atoms with Crippen molar-refractivity contribution in [1.29, 1.82) is 0 Å². The summed E-state index contributed by atoms with van der Waals surface area (Å²) in [5.74, 6) is 0.414. The molecule has 1 rings (SSSR count). The van der Waals surface area contributed by atoms with Gasteiger partial charge < -0.3 is 10.1 Å². The van der Waals surface area contributed by atoms with Gasteiger partial charge in [0.25, 0.3) is 0 Å². The topological polar surface area (TPSA) is 38.3 Å². The first kappa shape index (κ1) is 10.5. The number of carbonyl (C=O) groups excluding carboxylic acids is 1. The Bertz CT molecular complexity index is 166. The van der Waals surface area contributed by atoms with Crippen molar-refractivity contribution in [1.82, 2.24) is 5.32 Å². The Morgan fingerprint density at radius 2 is 2.31 bits per heavy atom. The van der Waals surface area contributed by atoms with Gasteiger partial charge in [-0.05, 0) is 31.7 Å². The van der Waals surface area contributed by atoms with Crippen LogP contribution in [0.5, 0.6) is 0 Å². The summed E-state index contributed by atoms with van der Waals surface area (Å²) < 4.78 is 4.76. The Labute approximate surface area is 79.8 Å². The second kappa shape index (κ2) is 5.22. The second-order valence-electron chi connectivity index (χ2n) is 3.65. The van der Waals surface area contributed by atoms with Crippen LogP contribution in [0.25, 0.3) is 0 Å². The van der Waals surface area contributed by atoms with Crippen molar-refractivity contribution in [3.8, 4) is 0 Å². The van der Waals surface area contributed by atoms with E-state index in [0.29, 0.717) is 5.92 Å². The number of hydrogen-bond donors (Lipinski definition) is 1. The minimum atomic E-state index is -0.0989. The Hall–Kier alpha value is -0.570. The average molecular weight is 185 g/mol. The molecule has 0 aromatic rings. The maximum absolute atomic E-state index is 11.4. The van der Waals surface area contributed by atoms with E-state index < -0.39 is 0 Å². The number of rotatable bonds is 5. The summed E-state index contributed by atoms with van der Waals surface area (Å²) in [6.45, 7) is 3.00. The van der Waals surface area contributed by atoms with E-state index in [2.05, 4.69) is 12.2 Å². The summed E-state index contributed by atoms with van der Waals surface area (Å²) in [6.07, 6.45) is 4.64. The predicted octanol–water partition coefficient (Wildman–Crippen LogP) is 1.33. The zero-order valence-electron chi connectivity index (χ0n) is 8.51. The fourth-order valence-corrected chi connectivity index (χ4v) is 1.64. The van der Waals surface area contributed by atoms with Crippen LogP contribution in [-0.4, -0.2) is 25.7 Å². The molecule has 1 atom stereocenters. The fourth-order valence-electron chi connectivity index (χ4n) is 1.64. The standard InChI is InChI=1S/C10H19NO2/c1-3-7-11-9(10(12)13-2)8-5-4-6-8/h8-9,11H,3-7H2,1-2H3. The molecule has 0 aromatic carbocycles. The lowest BCUT2D eigenvalue weighted by Gasteiger charge is -2.32. The van der Waals surface area contributed by atoms with Gasteiger partial charge in [0.15, 0.2) is 0 Å². The molecule has 1 unspecified atom stereocenters. The van der Waals surface area contributed by atoms with E-state index in [4.69, 9.17) is 4.74 Å². The normalized spacial score (nSPS) is 19.2. The third-order valence-electron chi connectivity index (χ3n) is 2.69. The highest BCUT2D eigenvalue weighted by Gasteiger charge is 2.32. The molecule has 0 saturated heterocycles. The molecule has 0 heterocycles. The van der Waals surface area contributed by atoms with Gasteiger partial charge in [-0.25, -0.2) is 0 Å². The Morgan fingerprint density at radius 1 is 1.62 bits per heavy atom. The second-order valence-corrected chi connectivity index (χ2v) is 3.65. The van der Waals surface area contributed by atoms with Crippen LogP contribution in [0, 0.1) is 5.92 Å². The first-order valence-corrected chi connectivity index (χ1v) is 5.10. The van der Waals surface area contributed by atoms with Crippen LogP contribution in [-0.2, 0) is 9.53 Å². The van der Waals surface area contributed by atoms with E-state index in [1.165, 1.54) is 13.5 Å². The summed E-state index contributed by atoms with van der Waals surface area (Å²) in [5, 5.41) is 3.25. The molecule has 3 heteroatoms. The molecule has 1 N–H and O–H groups in total. The summed E-state index contributed by atoms with van der Waals surface area (Å²) in [4.78, 5) is 11.4. The lowest BCUT2D eigenvalue weighted by atomic mass is 9.79. The van der Waals surface area contributed by atoms with Crippen LogP contribution in [0.4, 0.5) is 0 Å². The lowest BCUT2D eigenvalue weighted by Crippen LogP contribution is -2.46. The molecule has 0 radical (unpaired) electrons. The number of methoxy groups -OCH3 is 1. The van der Waals surface area contributed by atoms with Crippen LogP contribution in [0.15, 0.2) is 0 Å². The highest BCUT2D eigenvalue weighted by atomic mass is 16.5. The lowest BCUT2D eigenvalue weighted by molar-refractivity contribution is -0.145. The van der Waals surface area contributed by atoms with Gasteiger partial charge in [-0.15, -0.1) is 0 Å². The smallest absolute Gasteiger partial charge is 0.323 e. The molecule has 0 aromatic heterocycles. The Morgan fingerprint density at radius 3 is 2.69 bits per heavy atom. The number of nitrogens with one attached hydrogen (secondary N) is 1. The van der Waals surface area contributed by atoms with Crippen molar-refractivity contribution in [2.75, 3.05) is 13.7 Å². The number of carbonyl (C=O) groups is 1. The maximum atomic E-state index is 11.4. The molecule has 76 valence electrons. The molecule has 0 spiro atoms. The monoisotopic (exact) mass is 185 g/mol. The van der Waals surface area contributed by atoms with Crippen molar-refractivity contribution >= 4 is 5.97 Å². The molecule has 13 heavy (non-hydrogen) atoms. The molecule has 0 amide bonds. The third kappa shape index (κ3) is 2.69. The Balaban J connectivity index is 2.37. The van der Waals surface area contributed by atoms with Gasteiger partial charge in [0.1, 0.15) is 6.04 Å². The first-order valence-electron chi connectivity index (χ1n) is 5.10. The number of hydrogen-bond acceptors (Lipinski definition) is 3. The van der Waals surface area contributed by atoms with E-state index in [9.17, 15) is 4.79 Å². The van der Waals surface area contributed by atoms with E-state index >= 15 is 0 Å². The average Bonchev–Trinajstić information content (AvgIpc) is 2.07. The minimum Gasteiger partial charge on any atom is -0.468 e. The largest absolute Gasteiger partial charge is 0.468 e. The van der Waals surface area contributed by atoms with Crippen molar-refractivity contribution < 1.29 is 9.53 Å². The first-order chi connectivity index (χ1) is 6.29. The van der Waals surface area contributed by atoms with Gasteiger partial charge in [-0.2, -0.15) is 0 Å².